The van der Waals surface area contributed by atoms with Crippen molar-refractivity contribution in [2.75, 3.05) is 46.5 Å². The van der Waals surface area contributed by atoms with Gasteiger partial charge in [0.05, 0.1) is 6.61 Å². The second-order valence-electron chi connectivity index (χ2n) is 2.88. The fourth-order valence-corrected chi connectivity index (χ4v) is 0.891. The number of ether oxygens (including phenoxy) is 1. The molecule has 0 aromatic heterocycles. The average molecular weight is 189 g/mol. The molecule has 0 fully saturated rings. The van der Waals surface area contributed by atoms with Gasteiger partial charge in [-0.1, -0.05) is 6.42 Å². The Morgan fingerprint density at radius 3 is 2.62 bits per heavy atom. The van der Waals surface area contributed by atoms with Crippen molar-refractivity contribution < 1.29 is 9.84 Å². The molecule has 0 bridgehead atoms. The molecule has 0 aliphatic rings. The summed E-state index contributed by atoms with van der Waals surface area (Å²) in [7, 11) is 1.93. The van der Waals surface area contributed by atoms with Gasteiger partial charge in [-0.15, -0.1) is 6.61 Å². The maximum absolute atomic E-state index is 10.1. The zero-order valence-corrected chi connectivity index (χ0v) is 8.47. The smallest absolute Gasteiger partial charge is 0.0590 e. The molecule has 0 aromatic rings. The van der Waals surface area contributed by atoms with Gasteiger partial charge in [0.25, 0.3) is 0 Å². The Morgan fingerprint density at radius 2 is 1.92 bits per heavy atom. The first kappa shape index (κ1) is 12.8. The van der Waals surface area contributed by atoms with E-state index in [2.05, 4.69) is 10.6 Å². The molecule has 0 aromatic carbocycles. The molecule has 2 N–H and O–H groups in total. The maximum atomic E-state index is 10.1. The van der Waals surface area contributed by atoms with Crippen LogP contribution >= 0.6 is 0 Å². The third-order valence-electron chi connectivity index (χ3n) is 1.66. The Balaban J connectivity index is 2.76. The van der Waals surface area contributed by atoms with Gasteiger partial charge in [-0.25, -0.2) is 0 Å². The number of nitrogens with one attached hydrogen (secondary N) is 2. The highest BCUT2D eigenvalue weighted by molar-refractivity contribution is 4.47. The minimum Gasteiger partial charge on any atom is -0.854 e. The molecular formula is C9H21N2O2-. The highest BCUT2D eigenvalue weighted by Gasteiger charge is 1.87. The zero-order valence-electron chi connectivity index (χ0n) is 8.47. The Morgan fingerprint density at radius 1 is 1.08 bits per heavy atom. The molecule has 4 heteroatoms. The van der Waals surface area contributed by atoms with Crippen molar-refractivity contribution >= 4 is 0 Å². The van der Waals surface area contributed by atoms with E-state index in [0.29, 0.717) is 0 Å². The van der Waals surface area contributed by atoms with E-state index in [-0.39, 0.29) is 6.61 Å². The highest BCUT2D eigenvalue weighted by atomic mass is 16.5. The van der Waals surface area contributed by atoms with Crippen LogP contribution < -0.4 is 15.7 Å². The first-order chi connectivity index (χ1) is 6.41. The Kier molecular flexibility index (Phi) is 11.7. The average Bonchev–Trinajstić information content (AvgIpc) is 2.16. The van der Waals surface area contributed by atoms with Gasteiger partial charge in [-0.3, -0.25) is 0 Å². The molecule has 0 heterocycles. The Bertz CT molecular complexity index is 81.7. The van der Waals surface area contributed by atoms with E-state index < -0.39 is 0 Å². The standard InChI is InChI=1S/C9H21N2O2/c1-10-4-5-11-6-9-13-8-3-2-7-12/h10-11H,2-9H2,1H3/q-1. The van der Waals surface area contributed by atoms with Crippen molar-refractivity contribution in [1.82, 2.24) is 10.6 Å². The normalized spacial score (nSPS) is 10.6. The van der Waals surface area contributed by atoms with E-state index in [0.717, 1.165) is 45.7 Å². The van der Waals surface area contributed by atoms with Gasteiger partial charge in [-0.05, 0) is 13.5 Å². The van der Waals surface area contributed by atoms with Gasteiger partial charge in [0.1, 0.15) is 0 Å². The largest absolute Gasteiger partial charge is 0.854 e. The van der Waals surface area contributed by atoms with Crippen LogP contribution in [0.5, 0.6) is 0 Å². The number of unbranched alkanes of at least 4 members (excludes halogenated alkanes) is 1. The first-order valence-corrected chi connectivity index (χ1v) is 4.93. The van der Waals surface area contributed by atoms with E-state index in [1.807, 2.05) is 7.05 Å². The number of hydrogen-bond acceptors (Lipinski definition) is 4. The monoisotopic (exact) mass is 189 g/mol. The summed E-state index contributed by atoms with van der Waals surface area (Å²) >= 11 is 0. The van der Waals surface area contributed by atoms with Crippen LogP contribution in [0.1, 0.15) is 12.8 Å². The lowest BCUT2D eigenvalue weighted by molar-refractivity contribution is -0.368. The molecule has 0 amide bonds. The summed E-state index contributed by atoms with van der Waals surface area (Å²) in [5, 5.41) is 16.3. The van der Waals surface area contributed by atoms with E-state index in [9.17, 15) is 5.11 Å². The first-order valence-electron chi connectivity index (χ1n) is 4.93. The van der Waals surface area contributed by atoms with Crippen LogP contribution in [0.2, 0.25) is 0 Å². The number of likely N-dealkylation sites (N-methyl/N-ethyl adjacent to an activating group) is 1. The van der Waals surface area contributed by atoms with Crippen LogP contribution in [0.25, 0.3) is 0 Å². The third-order valence-corrected chi connectivity index (χ3v) is 1.66. The molecular weight excluding hydrogens is 168 g/mol. The Hall–Kier alpha value is -0.160. The molecule has 80 valence electrons. The number of rotatable bonds is 10. The summed E-state index contributed by atoms with van der Waals surface area (Å²) in [6, 6.07) is 0. The molecule has 4 nitrogen and oxygen atoms in total. The summed E-state index contributed by atoms with van der Waals surface area (Å²) in [4.78, 5) is 0. The van der Waals surface area contributed by atoms with Crippen LogP contribution in [-0.4, -0.2) is 46.5 Å². The SMILES string of the molecule is CNCCNCCOCCCC[O-]. The number of hydrogen-bond donors (Lipinski definition) is 2. The predicted molar refractivity (Wildman–Crippen MR) is 51.7 cm³/mol. The van der Waals surface area contributed by atoms with Gasteiger partial charge >= 0.3 is 0 Å². The van der Waals surface area contributed by atoms with Gasteiger partial charge in [0, 0.05) is 26.2 Å². The summed E-state index contributed by atoms with van der Waals surface area (Å²) in [6.07, 6.45) is 1.62. The topological polar surface area (TPSA) is 56.3 Å². The summed E-state index contributed by atoms with van der Waals surface area (Å²) < 4.78 is 5.29. The molecule has 0 radical (unpaired) electrons. The van der Waals surface area contributed by atoms with Crippen molar-refractivity contribution in [3.05, 3.63) is 0 Å². The molecule has 0 aliphatic heterocycles. The van der Waals surface area contributed by atoms with Gasteiger partial charge < -0.3 is 20.5 Å². The molecule has 0 unspecified atom stereocenters. The van der Waals surface area contributed by atoms with Crippen molar-refractivity contribution in [3.63, 3.8) is 0 Å². The van der Waals surface area contributed by atoms with E-state index in [1.54, 1.807) is 0 Å². The summed E-state index contributed by atoms with van der Waals surface area (Å²) in [5.74, 6) is 0. The summed E-state index contributed by atoms with van der Waals surface area (Å²) in [5.41, 5.74) is 0. The predicted octanol–water partition coefficient (Wildman–Crippen LogP) is -1.05. The molecule has 0 saturated carbocycles. The van der Waals surface area contributed by atoms with Crippen molar-refractivity contribution in [2.45, 2.75) is 12.8 Å². The third kappa shape index (κ3) is 11.8. The van der Waals surface area contributed by atoms with Crippen LogP contribution in [0, 0.1) is 0 Å². The van der Waals surface area contributed by atoms with Gasteiger partial charge in [0.15, 0.2) is 0 Å². The minimum atomic E-state index is 0.0176. The fraction of sp³-hybridized carbons (Fsp3) is 1.00. The van der Waals surface area contributed by atoms with Crippen molar-refractivity contribution in [2.24, 2.45) is 0 Å². The minimum absolute atomic E-state index is 0.0176. The summed E-state index contributed by atoms with van der Waals surface area (Å²) in [6.45, 7) is 4.32. The molecule has 13 heavy (non-hydrogen) atoms. The zero-order chi connectivity index (χ0) is 9.78. The molecule has 0 rings (SSSR count). The van der Waals surface area contributed by atoms with Crippen LogP contribution in [0.3, 0.4) is 0 Å². The van der Waals surface area contributed by atoms with Crippen molar-refractivity contribution in [3.8, 4) is 0 Å². The molecule has 0 aliphatic carbocycles. The molecule has 0 saturated heterocycles. The van der Waals surface area contributed by atoms with Crippen molar-refractivity contribution in [1.29, 1.82) is 0 Å². The quantitative estimate of drug-likeness (QED) is 0.431. The van der Waals surface area contributed by atoms with E-state index in [4.69, 9.17) is 4.74 Å². The van der Waals surface area contributed by atoms with Gasteiger partial charge in [0.2, 0.25) is 0 Å². The lowest BCUT2D eigenvalue weighted by Crippen LogP contribution is -2.27. The molecule has 0 spiro atoms. The lowest BCUT2D eigenvalue weighted by atomic mass is 10.3. The maximum Gasteiger partial charge on any atom is 0.0590 e. The second-order valence-corrected chi connectivity index (χ2v) is 2.88. The molecule has 0 atom stereocenters. The highest BCUT2D eigenvalue weighted by Crippen LogP contribution is 1.86. The lowest BCUT2D eigenvalue weighted by Gasteiger charge is -2.06. The van der Waals surface area contributed by atoms with Crippen LogP contribution in [-0.2, 0) is 4.74 Å². The Labute approximate surface area is 80.7 Å². The van der Waals surface area contributed by atoms with Gasteiger partial charge in [-0.2, -0.15) is 0 Å². The van der Waals surface area contributed by atoms with Crippen LogP contribution in [0.15, 0.2) is 0 Å². The van der Waals surface area contributed by atoms with E-state index >= 15 is 0 Å². The fourth-order valence-electron chi connectivity index (χ4n) is 0.891. The van der Waals surface area contributed by atoms with E-state index in [1.165, 1.54) is 0 Å². The second kappa shape index (κ2) is 11.8. The van der Waals surface area contributed by atoms with Crippen LogP contribution in [0.4, 0.5) is 0 Å².